The number of nitrogens with one attached hydrogen (secondary N) is 2. The summed E-state index contributed by atoms with van der Waals surface area (Å²) >= 11 is 4.92. The van der Waals surface area contributed by atoms with E-state index in [1.165, 1.54) is 0 Å². The van der Waals surface area contributed by atoms with E-state index in [1.807, 2.05) is 35.7 Å². The fourth-order valence-electron chi connectivity index (χ4n) is 2.20. The molecule has 0 saturated carbocycles. The first kappa shape index (κ1) is 17.3. The average molecular weight is 416 g/mol. The van der Waals surface area contributed by atoms with E-state index in [4.69, 9.17) is 0 Å². The standard InChI is InChI=1S/C18H14BrN3O2S/c19-14-5-3-4-12(8-14)18(24)20-10-17(23)22-21-9-13-11-25-16-7-2-1-6-15(13)16/h1-9,11H,10H2,(H,20,24)(H,22,23)/b21-9+. The van der Waals surface area contributed by atoms with Crippen LogP contribution in [0.4, 0.5) is 0 Å². The summed E-state index contributed by atoms with van der Waals surface area (Å²) in [5.74, 6) is -0.705. The molecule has 3 rings (SSSR count). The van der Waals surface area contributed by atoms with Crippen molar-refractivity contribution in [1.29, 1.82) is 0 Å². The summed E-state index contributed by atoms with van der Waals surface area (Å²) in [5, 5.41) is 9.58. The number of nitrogens with zero attached hydrogens (tertiary/aromatic N) is 1. The quantitative estimate of drug-likeness (QED) is 0.494. The lowest BCUT2D eigenvalue weighted by molar-refractivity contribution is -0.120. The van der Waals surface area contributed by atoms with E-state index in [1.54, 1.807) is 35.8 Å². The lowest BCUT2D eigenvalue weighted by Crippen LogP contribution is -2.34. The second kappa shape index (κ2) is 8.04. The lowest BCUT2D eigenvalue weighted by Gasteiger charge is -2.04. The van der Waals surface area contributed by atoms with Gasteiger partial charge in [-0.2, -0.15) is 5.10 Å². The zero-order valence-corrected chi connectivity index (χ0v) is 15.4. The molecule has 0 radical (unpaired) electrons. The van der Waals surface area contributed by atoms with E-state index in [9.17, 15) is 9.59 Å². The van der Waals surface area contributed by atoms with Gasteiger partial charge in [0, 0.05) is 31.1 Å². The van der Waals surface area contributed by atoms with Gasteiger partial charge < -0.3 is 5.32 Å². The third-order valence-corrected chi connectivity index (χ3v) is 4.88. The minimum absolute atomic E-state index is 0.146. The van der Waals surface area contributed by atoms with Crippen LogP contribution in [0.2, 0.25) is 0 Å². The van der Waals surface area contributed by atoms with Crippen molar-refractivity contribution in [2.24, 2.45) is 5.10 Å². The van der Waals surface area contributed by atoms with E-state index in [-0.39, 0.29) is 18.4 Å². The van der Waals surface area contributed by atoms with Gasteiger partial charge >= 0.3 is 0 Å². The van der Waals surface area contributed by atoms with E-state index in [2.05, 4.69) is 31.8 Å². The Morgan fingerprint density at radius 2 is 2.00 bits per heavy atom. The largest absolute Gasteiger partial charge is 0.343 e. The minimum Gasteiger partial charge on any atom is -0.343 e. The molecule has 1 heterocycles. The normalized spacial score (nSPS) is 10.9. The lowest BCUT2D eigenvalue weighted by atomic mass is 10.2. The number of rotatable bonds is 5. The summed E-state index contributed by atoms with van der Waals surface area (Å²) in [7, 11) is 0. The molecule has 7 heteroatoms. The molecule has 5 nitrogen and oxygen atoms in total. The highest BCUT2D eigenvalue weighted by atomic mass is 79.9. The van der Waals surface area contributed by atoms with Gasteiger partial charge in [0.15, 0.2) is 0 Å². The highest BCUT2D eigenvalue weighted by molar-refractivity contribution is 9.10. The van der Waals surface area contributed by atoms with Crippen molar-refractivity contribution >= 4 is 55.4 Å². The van der Waals surface area contributed by atoms with Crippen LogP contribution in [0.5, 0.6) is 0 Å². The van der Waals surface area contributed by atoms with Crippen molar-refractivity contribution in [3.8, 4) is 0 Å². The number of carbonyl (C=O) groups is 2. The zero-order valence-electron chi connectivity index (χ0n) is 13.0. The van der Waals surface area contributed by atoms with Gasteiger partial charge in [-0.05, 0) is 24.3 Å². The molecule has 0 unspecified atom stereocenters. The molecule has 3 aromatic rings. The molecule has 2 amide bonds. The number of carbonyl (C=O) groups excluding carboxylic acids is 2. The van der Waals surface area contributed by atoms with Gasteiger partial charge in [-0.1, -0.05) is 40.2 Å². The Morgan fingerprint density at radius 1 is 1.16 bits per heavy atom. The van der Waals surface area contributed by atoms with Crippen LogP contribution >= 0.6 is 27.3 Å². The Kier molecular flexibility index (Phi) is 5.57. The molecule has 0 spiro atoms. The van der Waals surface area contributed by atoms with Gasteiger partial charge in [0.2, 0.25) is 0 Å². The fraction of sp³-hybridized carbons (Fsp3) is 0.0556. The number of thiophene rings is 1. The summed E-state index contributed by atoms with van der Waals surface area (Å²) in [6, 6.07) is 14.9. The van der Waals surface area contributed by atoms with Crippen LogP contribution in [-0.4, -0.2) is 24.6 Å². The van der Waals surface area contributed by atoms with Crippen LogP contribution in [0.25, 0.3) is 10.1 Å². The Bertz CT molecular complexity index is 952. The number of hydrazone groups is 1. The van der Waals surface area contributed by atoms with Crippen molar-refractivity contribution in [3.63, 3.8) is 0 Å². The van der Waals surface area contributed by atoms with Crippen LogP contribution in [-0.2, 0) is 4.79 Å². The first-order valence-corrected chi connectivity index (χ1v) is 9.12. The van der Waals surface area contributed by atoms with E-state index in [0.717, 1.165) is 20.1 Å². The second-order valence-corrected chi connectivity index (χ2v) is 7.00. The van der Waals surface area contributed by atoms with Gasteiger partial charge in [-0.25, -0.2) is 5.43 Å². The summed E-state index contributed by atoms with van der Waals surface area (Å²) < 4.78 is 1.97. The smallest absolute Gasteiger partial charge is 0.259 e. The highest BCUT2D eigenvalue weighted by Crippen LogP contribution is 2.24. The van der Waals surface area contributed by atoms with Gasteiger partial charge in [0.25, 0.3) is 11.8 Å². The number of hydrogen-bond acceptors (Lipinski definition) is 4. The molecule has 0 aliphatic heterocycles. The number of fused-ring (bicyclic) bond motifs is 1. The van der Waals surface area contributed by atoms with E-state index < -0.39 is 0 Å². The Labute approximate surface area is 156 Å². The molecule has 0 bridgehead atoms. The SMILES string of the molecule is O=C(CNC(=O)c1cccc(Br)c1)N/N=C/c1csc2ccccc12. The van der Waals surface area contributed by atoms with Crippen molar-refractivity contribution in [2.75, 3.05) is 6.54 Å². The third kappa shape index (κ3) is 4.52. The maximum absolute atomic E-state index is 12.0. The molecule has 25 heavy (non-hydrogen) atoms. The molecular weight excluding hydrogens is 402 g/mol. The van der Waals surface area contributed by atoms with Crippen LogP contribution in [0, 0.1) is 0 Å². The summed E-state index contributed by atoms with van der Waals surface area (Å²) in [5.41, 5.74) is 3.84. The van der Waals surface area contributed by atoms with Gasteiger partial charge in [-0.15, -0.1) is 11.3 Å². The third-order valence-electron chi connectivity index (χ3n) is 3.40. The van der Waals surface area contributed by atoms with Crippen molar-refractivity contribution in [3.05, 3.63) is 69.5 Å². The second-order valence-electron chi connectivity index (χ2n) is 5.17. The van der Waals surface area contributed by atoms with Gasteiger partial charge in [0.05, 0.1) is 12.8 Å². The summed E-state index contributed by atoms with van der Waals surface area (Å²) in [6.45, 7) is -0.146. The molecule has 126 valence electrons. The Balaban J connectivity index is 1.52. The van der Waals surface area contributed by atoms with Crippen LogP contribution in [0.15, 0.2) is 63.5 Å². The predicted octanol–water partition coefficient (Wildman–Crippen LogP) is 3.54. The Hall–Kier alpha value is -2.51. The zero-order chi connectivity index (χ0) is 17.6. The van der Waals surface area contributed by atoms with Crippen LogP contribution in [0.1, 0.15) is 15.9 Å². The van der Waals surface area contributed by atoms with Crippen LogP contribution in [0.3, 0.4) is 0 Å². The van der Waals surface area contributed by atoms with E-state index in [0.29, 0.717) is 5.56 Å². The molecule has 0 fully saturated rings. The first-order chi connectivity index (χ1) is 12.1. The summed E-state index contributed by atoms with van der Waals surface area (Å²) in [4.78, 5) is 23.8. The number of benzene rings is 2. The van der Waals surface area contributed by atoms with E-state index >= 15 is 0 Å². The topological polar surface area (TPSA) is 70.6 Å². The maximum Gasteiger partial charge on any atom is 0.259 e. The average Bonchev–Trinajstić information content (AvgIpc) is 3.03. The highest BCUT2D eigenvalue weighted by Gasteiger charge is 2.08. The molecule has 0 atom stereocenters. The minimum atomic E-state index is -0.390. The number of hydrogen-bond donors (Lipinski definition) is 2. The molecule has 2 aromatic carbocycles. The van der Waals surface area contributed by atoms with Crippen molar-refractivity contribution in [1.82, 2.24) is 10.7 Å². The van der Waals surface area contributed by atoms with Crippen molar-refractivity contribution in [2.45, 2.75) is 0 Å². The predicted molar refractivity (Wildman–Crippen MR) is 104 cm³/mol. The van der Waals surface area contributed by atoms with Crippen molar-refractivity contribution < 1.29 is 9.59 Å². The van der Waals surface area contributed by atoms with Crippen LogP contribution < -0.4 is 10.7 Å². The Morgan fingerprint density at radius 3 is 2.84 bits per heavy atom. The molecular formula is C18H14BrN3O2S. The molecule has 0 saturated heterocycles. The fourth-order valence-corrected chi connectivity index (χ4v) is 3.51. The number of halogens is 1. The molecule has 2 N–H and O–H groups in total. The molecule has 0 aliphatic carbocycles. The molecule has 1 aromatic heterocycles. The van der Waals surface area contributed by atoms with Gasteiger partial charge in [0.1, 0.15) is 0 Å². The first-order valence-electron chi connectivity index (χ1n) is 7.45. The maximum atomic E-state index is 12.0. The van der Waals surface area contributed by atoms with Gasteiger partial charge in [-0.3, -0.25) is 9.59 Å². The monoisotopic (exact) mass is 415 g/mol. The summed E-state index contributed by atoms with van der Waals surface area (Å²) in [6.07, 6.45) is 1.60. The molecule has 0 aliphatic rings. The number of amides is 2.